The van der Waals surface area contributed by atoms with Crippen LogP contribution in [0.3, 0.4) is 0 Å². The molecule has 0 fully saturated rings. The van der Waals surface area contributed by atoms with Crippen molar-refractivity contribution >= 4 is 21.8 Å². The normalized spacial score (nSPS) is 9.36. The van der Waals surface area contributed by atoms with Gasteiger partial charge in [0, 0.05) is 24.0 Å². The summed E-state index contributed by atoms with van der Waals surface area (Å²) in [7, 11) is 0. The molecule has 0 saturated carbocycles. The summed E-state index contributed by atoms with van der Waals surface area (Å²) < 4.78 is 0. The minimum atomic E-state index is 0.0480. The highest BCUT2D eigenvalue weighted by molar-refractivity contribution is 9.09. The molecule has 0 rings (SSSR count). The molecule has 0 spiro atoms. The Balaban J connectivity index is 4.09. The highest BCUT2D eigenvalue weighted by Crippen LogP contribution is 2.02. The predicted molar refractivity (Wildman–Crippen MR) is 50.9 cm³/mol. The predicted octanol–water partition coefficient (Wildman–Crippen LogP) is 1.81. The average Bonchev–Trinajstić information content (AvgIpc) is 2.05. The third-order valence-electron chi connectivity index (χ3n) is 1.51. The summed E-state index contributed by atoms with van der Waals surface area (Å²) in [6, 6.07) is 0. The topological polar surface area (TPSA) is 20.3 Å². The third-order valence-corrected chi connectivity index (χ3v) is 2.19. The fraction of sp³-hybridized carbons (Fsp3) is 0.625. The molecule has 0 radical (unpaired) electrons. The third kappa shape index (κ3) is 3.06. The van der Waals surface area contributed by atoms with Crippen LogP contribution in [0.2, 0.25) is 0 Å². The maximum atomic E-state index is 11.3. The van der Waals surface area contributed by atoms with Gasteiger partial charge in [-0.25, -0.2) is 0 Å². The number of amides is 1. The van der Waals surface area contributed by atoms with Crippen molar-refractivity contribution in [1.82, 2.24) is 4.90 Å². The molecule has 3 heteroatoms. The van der Waals surface area contributed by atoms with Gasteiger partial charge in [-0.05, 0) is 13.8 Å². The van der Waals surface area contributed by atoms with Crippen LogP contribution in [0.1, 0.15) is 13.8 Å². The molecule has 1 amide bonds. The van der Waals surface area contributed by atoms with Gasteiger partial charge in [0.25, 0.3) is 0 Å². The lowest BCUT2D eigenvalue weighted by Gasteiger charge is -2.18. The van der Waals surface area contributed by atoms with Crippen LogP contribution >= 0.6 is 15.9 Å². The molecule has 0 bridgehead atoms. The number of carbonyl (C=O) groups is 1. The van der Waals surface area contributed by atoms with E-state index < -0.39 is 0 Å². The van der Waals surface area contributed by atoms with Gasteiger partial charge in [0.15, 0.2) is 0 Å². The molecule has 0 heterocycles. The minimum Gasteiger partial charge on any atom is -0.339 e. The van der Waals surface area contributed by atoms with Gasteiger partial charge in [-0.2, -0.15) is 0 Å². The molecule has 2 nitrogen and oxygen atoms in total. The highest BCUT2D eigenvalue weighted by atomic mass is 79.9. The van der Waals surface area contributed by atoms with Crippen molar-refractivity contribution in [3.8, 4) is 0 Å². The molecule has 0 aromatic rings. The van der Waals surface area contributed by atoms with E-state index in [1.807, 2.05) is 13.8 Å². The van der Waals surface area contributed by atoms with E-state index in [0.29, 0.717) is 10.9 Å². The number of rotatable bonds is 4. The van der Waals surface area contributed by atoms with Crippen LogP contribution in [0, 0.1) is 0 Å². The summed E-state index contributed by atoms with van der Waals surface area (Å²) in [5, 5.41) is 0.558. The van der Waals surface area contributed by atoms with E-state index in [1.165, 1.54) is 0 Å². The SMILES string of the molecule is C=C(CBr)C(=O)N(CC)CC. The van der Waals surface area contributed by atoms with Gasteiger partial charge in [0.05, 0.1) is 0 Å². The largest absolute Gasteiger partial charge is 0.339 e. The molecule has 0 aliphatic heterocycles. The fourth-order valence-corrected chi connectivity index (χ4v) is 1.03. The van der Waals surface area contributed by atoms with Crippen LogP contribution in [-0.2, 0) is 4.79 Å². The molecule has 0 N–H and O–H groups in total. The number of alkyl halides is 1. The van der Waals surface area contributed by atoms with Crippen LogP contribution in [0.15, 0.2) is 12.2 Å². The van der Waals surface area contributed by atoms with E-state index in [0.717, 1.165) is 13.1 Å². The lowest BCUT2D eigenvalue weighted by molar-refractivity contribution is -0.126. The lowest BCUT2D eigenvalue weighted by Crippen LogP contribution is -2.31. The number of halogens is 1. The van der Waals surface area contributed by atoms with Crippen LogP contribution in [-0.4, -0.2) is 29.2 Å². The van der Waals surface area contributed by atoms with E-state index >= 15 is 0 Å². The first-order valence-corrected chi connectivity index (χ1v) is 4.82. The Kier molecular flexibility index (Phi) is 5.20. The Hall–Kier alpha value is -0.310. The van der Waals surface area contributed by atoms with Gasteiger partial charge in [0.2, 0.25) is 5.91 Å². The Morgan fingerprint density at radius 3 is 2.18 bits per heavy atom. The molecule has 0 aliphatic rings. The van der Waals surface area contributed by atoms with E-state index in [2.05, 4.69) is 22.5 Å². The first kappa shape index (κ1) is 10.7. The first-order chi connectivity index (χ1) is 5.17. The molecule has 0 aromatic carbocycles. The van der Waals surface area contributed by atoms with Crippen LogP contribution < -0.4 is 0 Å². The summed E-state index contributed by atoms with van der Waals surface area (Å²) in [5.74, 6) is 0.0480. The summed E-state index contributed by atoms with van der Waals surface area (Å²) in [6.07, 6.45) is 0. The zero-order valence-electron chi connectivity index (χ0n) is 7.06. The summed E-state index contributed by atoms with van der Waals surface area (Å²) >= 11 is 3.20. The van der Waals surface area contributed by atoms with Crippen LogP contribution in [0.4, 0.5) is 0 Å². The average molecular weight is 220 g/mol. The van der Waals surface area contributed by atoms with Crippen molar-refractivity contribution in [3.05, 3.63) is 12.2 Å². The summed E-state index contributed by atoms with van der Waals surface area (Å²) in [4.78, 5) is 13.1. The highest BCUT2D eigenvalue weighted by Gasteiger charge is 2.11. The van der Waals surface area contributed by atoms with E-state index in [1.54, 1.807) is 4.90 Å². The van der Waals surface area contributed by atoms with Crippen molar-refractivity contribution in [2.24, 2.45) is 0 Å². The molecule has 0 unspecified atom stereocenters. The zero-order chi connectivity index (χ0) is 8.85. The van der Waals surface area contributed by atoms with Gasteiger partial charge >= 0.3 is 0 Å². The second-order valence-electron chi connectivity index (χ2n) is 2.21. The van der Waals surface area contributed by atoms with Gasteiger partial charge in [-0.1, -0.05) is 22.5 Å². The molecule has 11 heavy (non-hydrogen) atoms. The van der Waals surface area contributed by atoms with Gasteiger partial charge in [-0.3, -0.25) is 4.79 Å². The monoisotopic (exact) mass is 219 g/mol. The zero-order valence-corrected chi connectivity index (χ0v) is 8.65. The Bertz CT molecular complexity index is 152. The van der Waals surface area contributed by atoms with Gasteiger partial charge in [-0.15, -0.1) is 0 Å². The molecule has 0 saturated heterocycles. The molecule has 0 aromatic heterocycles. The second kappa shape index (κ2) is 5.35. The minimum absolute atomic E-state index is 0.0480. The Morgan fingerprint density at radius 1 is 1.45 bits per heavy atom. The molecule has 64 valence electrons. The number of hydrogen-bond donors (Lipinski definition) is 0. The molecular formula is C8H14BrNO. The number of carbonyl (C=O) groups excluding carboxylic acids is 1. The lowest BCUT2D eigenvalue weighted by atomic mass is 10.3. The number of nitrogens with zero attached hydrogens (tertiary/aromatic N) is 1. The Morgan fingerprint density at radius 2 is 1.91 bits per heavy atom. The Labute approximate surface area is 76.4 Å². The maximum absolute atomic E-state index is 11.3. The maximum Gasteiger partial charge on any atom is 0.250 e. The van der Waals surface area contributed by atoms with Gasteiger partial charge < -0.3 is 4.90 Å². The van der Waals surface area contributed by atoms with E-state index in [9.17, 15) is 4.79 Å². The van der Waals surface area contributed by atoms with Crippen molar-refractivity contribution in [1.29, 1.82) is 0 Å². The fourth-order valence-electron chi connectivity index (χ4n) is 0.792. The smallest absolute Gasteiger partial charge is 0.250 e. The first-order valence-electron chi connectivity index (χ1n) is 3.70. The quantitative estimate of drug-likeness (QED) is 0.522. The summed E-state index contributed by atoms with van der Waals surface area (Å²) in [6.45, 7) is 9.08. The second-order valence-corrected chi connectivity index (χ2v) is 2.78. The molecule has 0 atom stereocenters. The standard InChI is InChI=1S/C8H14BrNO/c1-4-10(5-2)8(11)7(3)6-9/h3-6H2,1-2H3. The summed E-state index contributed by atoms with van der Waals surface area (Å²) in [5.41, 5.74) is 0.619. The molecular weight excluding hydrogens is 206 g/mol. The van der Waals surface area contributed by atoms with E-state index in [-0.39, 0.29) is 5.91 Å². The van der Waals surface area contributed by atoms with Crippen molar-refractivity contribution in [2.45, 2.75) is 13.8 Å². The van der Waals surface area contributed by atoms with Gasteiger partial charge in [0.1, 0.15) is 0 Å². The van der Waals surface area contributed by atoms with Crippen molar-refractivity contribution < 1.29 is 4.79 Å². The number of hydrogen-bond acceptors (Lipinski definition) is 1. The van der Waals surface area contributed by atoms with Crippen molar-refractivity contribution in [2.75, 3.05) is 18.4 Å². The van der Waals surface area contributed by atoms with E-state index in [4.69, 9.17) is 0 Å². The van der Waals surface area contributed by atoms with Crippen LogP contribution in [0.5, 0.6) is 0 Å². The number of likely N-dealkylation sites (N-methyl/N-ethyl adjacent to an activating group) is 1. The van der Waals surface area contributed by atoms with Crippen molar-refractivity contribution in [3.63, 3.8) is 0 Å². The van der Waals surface area contributed by atoms with Crippen LogP contribution in [0.25, 0.3) is 0 Å². The molecule has 0 aliphatic carbocycles.